The van der Waals surface area contributed by atoms with E-state index in [1.807, 2.05) is 48.2 Å². The van der Waals surface area contributed by atoms with E-state index in [-0.39, 0.29) is 5.91 Å². The van der Waals surface area contributed by atoms with E-state index < -0.39 is 0 Å². The van der Waals surface area contributed by atoms with Gasteiger partial charge < -0.3 is 10.2 Å². The Labute approximate surface area is 146 Å². The summed E-state index contributed by atoms with van der Waals surface area (Å²) in [7, 11) is 0. The topological polar surface area (TPSA) is 32.3 Å². The number of anilines is 1. The first-order valence-electron chi connectivity index (χ1n) is 7.63. The van der Waals surface area contributed by atoms with Gasteiger partial charge in [0.15, 0.2) is 0 Å². The van der Waals surface area contributed by atoms with Gasteiger partial charge in [-0.3, -0.25) is 4.79 Å². The van der Waals surface area contributed by atoms with Crippen LogP contribution in [0.15, 0.2) is 53.4 Å². The number of amides is 1. The van der Waals surface area contributed by atoms with Crippen LogP contribution in [0.2, 0.25) is 5.02 Å². The second-order valence-corrected chi connectivity index (χ2v) is 7.60. The molecule has 0 spiro atoms. The summed E-state index contributed by atoms with van der Waals surface area (Å²) in [6.07, 6.45) is 0. The molecule has 3 rings (SSSR count). The van der Waals surface area contributed by atoms with Crippen molar-refractivity contribution in [3.05, 3.63) is 59.1 Å². The van der Waals surface area contributed by atoms with Crippen LogP contribution in [0, 0.1) is 0 Å². The zero-order chi connectivity index (χ0) is 16.2. The molecule has 0 fully saturated rings. The molecule has 1 aliphatic heterocycles. The van der Waals surface area contributed by atoms with Gasteiger partial charge in [0.2, 0.25) is 5.91 Å². The van der Waals surface area contributed by atoms with Crippen molar-refractivity contribution in [2.45, 2.75) is 23.6 Å². The summed E-state index contributed by atoms with van der Waals surface area (Å²) in [4.78, 5) is 15.7. The molecule has 3 nitrogen and oxygen atoms in total. The molecule has 1 unspecified atom stereocenters. The first kappa shape index (κ1) is 16.2. The van der Waals surface area contributed by atoms with Crippen molar-refractivity contribution in [1.82, 2.24) is 5.32 Å². The van der Waals surface area contributed by atoms with Crippen molar-refractivity contribution in [2.24, 2.45) is 0 Å². The Balaban J connectivity index is 1.60. The van der Waals surface area contributed by atoms with E-state index in [1.54, 1.807) is 0 Å². The first-order chi connectivity index (χ1) is 11.1. The number of carbonyl (C=O) groups excluding carboxylic acids is 1. The number of hydrogen-bond acceptors (Lipinski definition) is 3. The lowest BCUT2D eigenvalue weighted by Gasteiger charge is -2.33. The van der Waals surface area contributed by atoms with Crippen LogP contribution in [0.1, 0.15) is 12.5 Å². The molecule has 23 heavy (non-hydrogen) atoms. The molecule has 1 amide bonds. The fourth-order valence-corrected chi connectivity index (χ4v) is 3.95. The average molecular weight is 347 g/mol. The molecule has 1 N–H and O–H groups in total. The quantitative estimate of drug-likeness (QED) is 0.909. The van der Waals surface area contributed by atoms with Gasteiger partial charge in [-0.05, 0) is 29.8 Å². The van der Waals surface area contributed by atoms with Crippen LogP contribution in [0.25, 0.3) is 0 Å². The molecule has 0 aromatic heterocycles. The van der Waals surface area contributed by atoms with E-state index in [0.717, 1.165) is 17.8 Å². The van der Waals surface area contributed by atoms with Gasteiger partial charge in [0, 0.05) is 28.3 Å². The van der Waals surface area contributed by atoms with E-state index in [9.17, 15) is 4.79 Å². The molecule has 120 valence electrons. The highest BCUT2D eigenvalue weighted by molar-refractivity contribution is 8.00. The number of thioether (sulfide) groups is 1. The van der Waals surface area contributed by atoms with Crippen LogP contribution in [0.4, 0.5) is 5.69 Å². The highest BCUT2D eigenvalue weighted by atomic mass is 35.5. The normalized spacial score (nSPS) is 16.8. The number of nitrogens with zero attached hydrogens (tertiary/aromatic N) is 1. The van der Waals surface area contributed by atoms with Crippen molar-refractivity contribution < 1.29 is 4.79 Å². The first-order valence-corrected chi connectivity index (χ1v) is 8.89. The van der Waals surface area contributed by atoms with Crippen LogP contribution >= 0.6 is 23.4 Å². The Morgan fingerprint density at radius 3 is 2.78 bits per heavy atom. The van der Waals surface area contributed by atoms with Crippen LogP contribution in [-0.4, -0.2) is 24.2 Å². The molecule has 1 heterocycles. The lowest BCUT2D eigenvalue weighted by atomic mass is 10.2. The second kappa shape index (κ2) is 7.28. The lowest BCUT2D eigenvalue weighted by Crippen LogP contribution is -2.41. The summed E-state index contributed by atoms with van der Waals surface area (Å²) < 4.78 is 0. The maximum Gasteiger partial charge on any atom is 0.239 e. The molecule has 1 atom stereocenters. The van der Waals surface area contributed by atoms with Gasteiger partial charge in [-0.2, -0.15) is 0 Å². The minimum absolute atomic E-state index is 0.0360. The SMILES string of the molecule is CC1CN(CC(=O)NCc2ccc(Cl)cc2)c2ccccc2S1. The van der Waals surface area contributed by atoms with E-state index in [2.05, 4.69) is 29.3 Å². The smallest absolute Gasteiger partial charge is 0.239 e. The van der Waals surface area contributed by atoms with Crippen molar-refractivity contribution in [3.63, 3.8) is 0 Å². The fraction of sp³-hybridized carbons (Fsp3) is 0.278. The summed E-state index contributed by atoms with van der Waals surface area (Å²) in [6.45, 7) is 3.99. The Hall–Kier alpha value is -1.65. The summed E-state index contributed by atoms with van der Waals surface area (Å²) in [5.41, 5.74) is 2.20. The van der Waals surface area contributed by atoms with Gasteiger partial charge in [-0.15, -0.1) is 11.8 Å². The zero-order valence-corrected chi connectivity index (χ0v) is 14.5. The molecule has 1 aliphatic rings. The molecule has 0 bridgehead atoms. The Bertz CT molecular complexity index is 690. The van der Waals surface area contributed by atoms with Gasteiger partial charge >= 0.3 is 0 Å². The van der Waals surface area contributed by atoms with Crippen LogP contribution in [0.3, 0.4) is 0 Å². The molecular weight excluding hydrogens is 328 g/mol. The highest BCUT2D eigenvalue weighted by Crippen LogP contribution is 2.37. The van der Waals surface area contributed by atoms with Gasteiger partial charge in [0.25, 0.3) is 0 Å². The number of nitrogens with one attached hydrogen (secondary N) is 1. The lowest BCUT2D eigenvalue weighted by molar-refractivity contribution is -0.119. The molecular formula is C18H19ClN2OS. The third-order valence-corrected chi connectivity index (χ3v) is 5.15. The summed E-state index contributed by atoms with van der Waals surface area (Å²) >= 11 is 7.74. The maximum atomic E-state index is 12.3. The van der Waals surface area contributed by atoms with E-state index >= 15 is 0 Å². The molecule has 0 aliphatic carbocycles. The highest BCUT2D eigenvalue weighted by Gasteiger charge is 2.23. The molecule has 2 aromatic carbocycles. The standard InChI is InChI=1S/C18H19ClN2OS/c1-13-11-21(16-4-2-3-5-17(16)23-13)12-18(22)20-10-14-6-8-15(19)9-7-14/h2-9,13H,10-12H2,1H3,(H,20,22). The monoisotopic (exact) mass is 346 g/mol. The largest absolute Gasteiger partial charge is 0.360 e. The predicted octanol–water partition coefficient (Wildman–Crippen LogP) is 3.96. The van der Waals surface area contributed by atoms with Crippen molar-refractivity contribution >= 4 is 35.0 Å². The zero-order valence-electron chi connectivity index (χ0n) is 13.0. The van der Waals surface area contributed by atoms with Gasteiger partial charge in [0.1, 0.15) is 0 Å². The third-order valence-electron chi connectivity index (χ3n) is 3.75. The summed E-state index contributed by atoms with van der Waals surface area (Å²) in [5.74, 6) is 0.0360. The second-order valence-electron chi connectivity index (χ2n) is 5.68. The third kappa shape index (κ3) is 4.21. The van der Waals surface area contributed by atoms with Crippen LogP contribution in [-0.2, 0) is 11.3 Å². The molecule has 0 saturated carbocycles. The fourth-order valence-electron chi connectivity index (χ4n) is 2.66. The number of para-hydroxylation sites is 1. The predicted molar refractivity (Wildman–Crippen MR) is 97.3 cm³/mol. The van der Waals surface area contributed by atoms with Gasteiger partial charge in [0.05, 0.1) is 12.2 Å². The van der Waals surface area contributed by atoms with Crippen LogP contribution in [0.5, 0.6) is 0 Å². The Morgan fingerprint density at radius 2 is 2.00 bits per heavy atom. The van der Waals surface area contributed by atoms with E-state index in [4.69, 9.17) is 11.6 Å². The van der Waals surface area contributed by atoms with Gasteiger partial charge in [-0.25, -0.2) is 0 Å². The Kier molecular flexibility index (Phi) is 5.13. The minimum Gasteiger partial charge on any atom is -0.360 e. The molecule has 2 aromatic rings. The number of benzene rings is 2. The number of rotatable bonds is 4. The number of carbonyl (C=O) groups is 1. The van der Waals surface area contributed by atoms with Crippen molar-refractivity contribution in [2.75, 3.05) is 18.0 Å². The van der Waals surface area contributed by atoms with E-state index in [1.165, 1.54) is 4.90 Å². The molecule has 0 radical (unpaired) electrons. The maximum absolute atomic E-state index is 12.3. The minimum atomic E-state index is 0.0360. The van der Waals surface area contributed by atoms with Crippen molar-refractivity contribution in [1.29, 1.82) is 0 Å². The van der Waals surface area contributed by atoms with E-state index in [0.29, 0.717) is 23.4 Å². The molecule has 5 heteroatoms. The van der Waals surface area contributed by atoms with Gasteiger partial charge in [-0.1, -0.05) is 42.8 Å². The van der Waals surface area contributed by atoms with Crippen molar-refractivity contribution in [3.8, 4) is 0 Å². The summed E-state index contributed by atoms with van der Waals surface area (Å²) in [5, 5.41) is 4.17. The number of fused-ring (bicyclic) bond motifs is 1. The summed E-state index contributed by atoms with van der Waals surface area (Å²) in [6, 6.07) is 15.8. The molecule has 0 saturated heterocycles. The van der Waals surface area contributed by atoms with Crippen LogP contribution < -0.4 is 10.2 Å². The number of halogens is 1. The Morgan fingerprint density at radius 1 is 1.26 bits per heavy atom. The number of hydrogen-bond donors (Lipinski definition) is 1. The average Bonchev–Trinajstić information content (AvgIpc) is 2.54.